The Morgan fingerprint density at radius 3 is 2.71 bits per heavy atom. The third-order valence-electron chi connectivity index (χ3n) is 3.53. The molecule has 108 valence electrons. The molecule has 1 saturated heterocycles. The van der Waals surface area contributed by atoms with Gasteiger partial charge in [-0.25, -0.2) is 9.78 Å². The van der Waals surface area contributed by atoms with Gasteiger partial charge in [-0.3, -0.25) is 4.79 Å². The fourth-order valence-electron chi connectivity index (χ4n) is 2.30. The number of carbonyl (C=O) groups excluding carboxylic acids is 1. The zero-order chi connectivity index (χ0) is 14.8. The van der Waals surface area contributed by atoms with Crippen LogP contribution in [0.3, 0.4) is 0 Å². The topological polar surface area (TPSA) is 70.5 Å². The first kappa shape index (κ1) is 13.8. The first-order chi connectivity index (χ1) is 10.1. The monoisotopic (exact) mass is 302 g/mol. The molecule has 0 aliphatic carbocycles. The molecule has 2 aromatic rings. The molecule has 3 rings (SSSR count). The van der Waals surface area contributed by atoms with Crippen LogP contribution in [0.4, 0.5) is 0 Å². The van der Waals surface area contributed by atoms with Crippen molar-refractivity contribution >= 4 is 23.2 Å². The lowest BCUT2D eigenvalue weighted by Crippen LogP contribution is -2.55. The van der Waals surface area contributed by atoms with Crippen molar-refractivity contribution in [1.82, 2.24) is 9.88 Å². The fourth-order valence-corrected chi connectivity index (χ4v) is 3.10. The summed E-state index contributed by atoms with van der Waals surface area (Å²) in [5.41, 5.74) is 1.48. The molecule has 1 aliphatic rings. The predicted molar refractivity (Wildman–Crippen MR) is 78.4 cm³/mol. The minimum absolute atomic E-state index is 0.288. The van der Waals surface area contributed by atoms with Crippen LogP contribution in [0.2, 0.25) is 0 Å². The van der Waals surface area contributed by atoms with Crippen LogP contribution < -0.4 is 0 Å². The van der Waals surface area contributed by atoms with Crippen LogP contribution in [-0.4, -0.2) is 39.5 Å². The Morgan fingerprint density at radius 1 is 1.33 bits per heavy atom. The quantitative estimate of drug-likeness (QED) is 0.938. The molecular weight excluding hydrogens is 288 g/mol. The second-order valence-corrected chi connectivity index (χ2v) is 5.87. The van der Waals surface area contributed by atoms with Gasteiger partial charge in [0.1, 0.15) is 11.7 Å². The smallest absolute Gasteiger partial charge is 0.326 e. The maximum atomic E-state index is 12.2. The van der Waals surface area contributed by atoms with E-state index >= 15 is 0 Å². The molecule has 21 heavy (non-hydrogen) atoms. The van der Waals surface area contributed by atoms with Crippen molar-refractivity contribution in [2.45, 2.75) is 18.9 Å². The summed E-state index contributed by atoms with van der Waals surface area (Å²) >= 11 is 1.43. The Kier molecular flexibility index (Phi) is 3.70. The second kappa shape index (κ2) is 5.65. The summed E-state index contributed by atoms with van der Waals surface area (Å²) in [6.07, 6.45) is 1.20. The van der Waals surface area contributed by atoms with Gasteiger partial charge in [-0.15, -0.1) is 11.3 Å². The molecule has 1 fully saturated rings. The first-order valence-electron chi connectivity index (χ1n) is 6.67. The van der Waals surface area contributed by atoms with Gasteiger partial charge in [0.05, 0.1) is 5.01 Å². The Morgan fingerprint density at radius 2 is 2.10 bits per heavy atom. The number of thiazole rings is 1. The fraction of sp³-hybridized carbons (Fsp3) is 0.267. The van der Waals surface area contributed by atoms with Crippen LogP contribution in [0.25, 0.3) is 0 Å². The van der Waals surface area contributed by atoms with Crippen LogP contribution in [0.15, 0.2) is 35.7 Å². The molecule has 1 aliphatic heterocycles. The van der Waals surface area contributed by atoms with Gasteiger partial charge in [-0.2, -0.15) is 0 Å². The van der Waals surface area contributed by atoms with Gasteiger partial charge in [0.15, 0.2) is 0 Å². The number of hydrogen-bond donors (Lipinski definition) is 1. The van der Waals surface area contributed by atoms with Crippen LogP contribution in [-0.2, 0) is 11.2 Å². The van der Waals surface area contributed by atoms with E-state index < -0.39 is 12.0 Å². The van der Waals surface area contributed by atoms with Gasteiger partial charge in [-0.1, -0.05) is 30.3 Å². The molecule has 0 spiro atoms. The van der Waals surface area contributed by atoms with Crippen molar-refractivity contribution in [2.24, 2.45) is 0 Å². The van der Waals surface area contributed by atoms with Gasteiger partial charge in [0.2, 0.25) is 0 Å². The standard InChI is InChI=1S/C15H14N2O3S/c18-14(17-7-6-12(17)15(19)20)11-9-21-13(16-11)8-10-4-2-1-3-5-10/h1-5,9,12H,6-8H2,(H,19,20)/t12-/m1/s1. The molecule has 1 N–H and O–H groups in total. The second-order valence-electron chi connectivity index (χ2n) is 4.93. The van der Waals surface area contributed by atoms with E-state index in [0.29, 0.717) is 25.1 Å². The minimum Gasteiger partial charge on any atom is -0.480 e. The van der Waals surface area contributed by atoms with Crippen molar-refractivity contribution in [3.8, 4) is 0 Å². The molecule has 1 aromatic heterocycles. The van der Waals surface area contributed by atoms with Gasteiger partial charge in [0.25, 0.3) is 5.91 Å². The summed E-state index contributed by atoms with van der Waals surface area (Å²) in [6.45, 7) is 0.487. The number of benzene rings is 1. The number of rotatable bonds is 4. The number of nitrogens with zero attached hydrogens (tertiary/aromatic N) is 2. The van der Waals surface area contributed by atoms with Crippen molar-refractivity contribution in [3.05, 3.63) is 52.0 Å². The molecule has 0 radical (unpaired) electrons. The van der Waals surface area contributed by atoms with Gasteiger partial charge in [-0.05, 0) is 12.0 Å². The zero-order valence-corrected chi connectivity index (χ0v) is 12.0. The van der Waals surface area contributed by atoms with E-state index in [1.54, 1.807) is 5.38 Å². The lowest BCUT2D eigenvalue weighted by molar-refractivity contribution is -0.146. The lowest BCUT2D eigenvalue weighted by atomic mass is 10.0. The SMILES string of the molecule is O=C(O)[C@H]1CCN1C(=O)c1csc(Cc2ccccc2)n1. The number of hydrogen-bond acceptors (Lipinski definition) is 4. The van der Waals surface area contributed by atoms with E-state index in [2.05, 4.69) is 4.98 Å². The normalized spacial score (nSPS) is 17.3. The first-order valence-corrected chi connectivity index (χ1v) is 7.55. The third-order valence-corrected chi connectivity index (χ3v) is 4.38. The van der Waals surface area contributed by atoms with Crippen LogP contribution >= 0.6 is 11.3 Å². The van der Waals surface area contributed by atoms with Gasteiger partial charge < -0.3 is 10.0 Å². The molecule has 0 saturated carbocycles. The Balaban J connectivity index is 1.70. The van der Waals surface area contributed by atoms with Crippen molar-refractivity contribution in [3.63, 3.8) is 0 Å². The highest BCUT2D eigenvalue weighted by atomic mass is 32.1. The molecular formula is C15H14N2O3S. The highest BCUT2D eigenvalue weighted by Crippen LogP contribution is 2.22. The molecule has 0 unspecified atom stereocenters. The number of carboxylic acid groups (broad SMARTS) is 1. The van der Waals surface area contributed by atoms with Gasteiger partial charge >= 0.3 is 5.97 Å². The van der Waals surface area contributed by atoms with E-state index in [1.165, 1.54) is 16.2 Å². The van der Waals surface area contributed by atoms with E-state index in [9.17, 15) is 9.59 Å². The van der Waals surface area contributed by atoms with Crippen LogP contribution in [0.5, 0.6) is 0 Å². The number of aliphatic carboxylic acids is 1. The molecule has 2 heterocycles. The molecule has 1 aromatic carbocycles. The summed E-state index contributed by atoms with van der Waals surface area (Å²) in [5, 5.41) is 11.6. The highest BCUT2D eigenvalue weighted by Gasteiger charge is 2.38. The minimum atomic E-state index is -0.950. The van der Waals surface area contributed by atoms with Gasteiger partial charge in [0, 0.05) is 18.3 Å². The predicted octanol–water partition coefficient (Wildman–Crippen LogP) is 2.03. The van der Waals surface area contributed by atoms with Crippen molar-refractivity contribution in [2.75, 3.05) is 6.54 Å². The van der Waals surface area contributed by atoms with Crippen molar-refractivity contribution in [1.29, 1.82) is 0 Å². The number of likely N-dealkylation sites (tertiary alicyclic amines) is 1. The Hall–Kier alpha value is -2.21. The lowest BCUT2D eigenvalue weighted by Gasteiger charge is -2.37. The van der Waals surface area contributed by atoms with Crippen molar-refractivity contribution < 1.29 is 14.7 Å². The summed E-state index contributed by atoms with van der Waals surface area (Å²) in [4.78, 5) is 28.9. The Bertz CT molecular complexity index is 669. The molecule has 6 heteroatoms. The molecule has 1 amide bonds. The number of amides is 1. The number of aromatic nitrogens is 1. The highest BCUT2D eigenvalue weighted by molar-refractivity contribution is 7.09. The number of carbonyl (C=O) groups is 2. The van der Waals surface area contributed by atoms with E-state index in [1.807, 2.05) is 30.3 Å². The van der Waals surface area contributed by atoms with Crippen LogP contribution in [0, 0.1) is 0 Å². The largest absolute Gasteiger partial charge is 0.480 e. The van der Waals surface area contributed by atoms with Crippen LogP contribution in [0.1, 0.15) is 27.5 Å². The van der Waals surface area contributed by atoms with E-state index in [4.69, 9.17) is 5.11 Å². The molecule has 5 nitrogen and oxygen atoms in total. The van der Waals surface area contributed by atoms with E-state index in [-0.39, 0.29) is 5.91 Å². The third kappa shape index (κ3) is 2.80. The molecule has 0 bridgehead atoms. The number of carboxylic acids is 1. The maximum absolute atomic E-state index is 12.2. The molecule has 1 atom stereocenters. The summed E-state index contributed by atoms with van der Waals surface area (Å²) < 4.78 is 0. The van der Waals surface area contributed by atoms with E-state index in [0.717, 1.165) is 10.6 Å². The average Bonchev–Trinajstić information content (AvgIpc) is 2.86. The summed E-state index contributed by atoms with van der Waals surface area (Å²) in [7, 11) is 0. The average molecular weight is 302 g/mol. The summed E-state index contributed by atoms with van der Waals surface area (Å²) in [5.74, 6) is -1.24. The Labute approximate surface area is 125 Å². The summed E-state index contributed by atoms with van der Waals surface area (Å²) in [6, 6.07) is 9.21. The maximum Gasteiger partial charge on any atom is 0.326 e. The zero-order valence-electron chi connectivity index (χ0n) is 11.2.